The van der Waals surface area contributed by atoms with Gasteiger partial charge in [-0.25, -0.2) is 4.79 Å². The summed E-state index contributed by atoms with van der Waals surface area (Å²) in [6, 6.07) is 8.28. The topological polar surface area (TPSA) is 85.2 Å². The molecule has 1 aromatic rings. The van der Waals surface area contributed by atoms with Gasteiger partial charge < -0.3 is 15.7 Å². The van der Waals surface area contributed by atoms with Crippen LogP contribution in [-0.4, -0.2) is 23.8 Å². The first-order valence-corrected chi connectivity index (χ1v) is 6.25. The highest BCUT2D eigenvalue weighted by molar-refractivity contribution is 5.89. The Labute approximate surface area is 113 Å². The van der Waals surface area contributed by atoms with E-state index >= 15 is 0 Å². The molecule has 1 unspecified atom stereocenters. The van der Waals surface area contributed by atoms with E-state index in [1.807, 2.05) is 19.9 Å². The Morgan fingerprint density at radius 1 is 1.37 bits per heavy atom. The molecule has 0 bridgehead atoms. The zero-order valence-corrected chi connectivity index (χ0v) is 11.2. The molecule has 1 atom stereocenters. The number of aliphatic hydroxyl groups is 1. The number of nitrogens with one attached hydrogen (secondary N) is 2. The maximum absolute atomic E-state index is 11.8. The summed E-state index contributed by atoms with van der Waals surface area (Å²) >= 11 is 0. The highest BCUT2D eigenvalue weighted by Gasteiger charge is 2.15. The van der Waals surface area contributed by atoms with Crippen molar-refractivity contribution in [3.05, 3.63) is 29.8 Å². The van der Waals surface area contributed by atoms with Gasteiger partial charge >= 0.3 is 6.03 Å². The lowest BCUT2D eigenvalue weighted by Crippen LogP contribution is -2.41. The molecule has 2 amide bonds. The van der Waals surface area contributed by atoms with Crippen LogP contribution in [0, 0.1) is 17.2 Å². The maximum Gasteiger partial charge on any atom is 0.319 e. The summed E-state index contributed by atoms with van der Waals surface area (Å²) in [7, 11) is 0. The molecule has 1 rings (SSSR count). The standard InChI is InChI=1S/C14H19N3O2/c1-10(2)13(7-8-18)17-14(19)16-12-5-3-11(9-15)4-6-12/h3-6,10,13,18H,7-8H2,1-2H3,(H2,16,17,19). The zero-order chi connectivity index (χ0) is 14.3. The number of nitriles is 1. The number of nitrogens with zero attached hydrogens (tertiary/aromatic N) is 1. The molecule has 1 aromatic carbocycles. The predicted octanol–water partition coefficient (Wildman–Crippen LogP) is 2.09. The number of benzene rings is 1. The van der Waals surface area contributed by atoms with E-state index < -0.39 is 0 Å². The van der Waals surface area contributed by atoms with E-state index in [0.717, 1.165) is 0 Å². The van der Waals surface area contributed by atoms with Gasteiger partial charge in [0.05, 0.1) is 11.6 Å². The highest BCUT2D eigenvalue weighted by Crippen LogP contribution is 2.10. The Hall–Kier alpha value is -2.06. The van der Waals surface area contributed by atoms with Crippen LogP contribution in [0.25, 0.3) is 0 Å². The minimum Gasteiger partial charge on any atom is -0.396 e. The number of hydrogen-bond acceptors (Lipinski definition) is 3. The molecule has 0 radical (unpaired) electrons. The molecule has 5 heteroatoms. The van der Waals surface area contributed by atoms with Gasteiger partial charge in [0.1, 0.15) is 0 Å². The number of aliphatic hydroxyl groups excluding tert-OH is 1. The fraction of sp³-hybridized carbons (Fsp3) is 0.429. The number of carbonyl (C=O) groups excluding carboxylic acids is 1. The largest absolute Gasteiger partial charge is 0.396 e. The van der Waals surface area contributed by atoms with Gasteiger partial charge in [0.2, 0.25) is 0 Å². The molecule has 0 aliphatic heterocycles. The molecule has 0 heterocycles. The second kappa shape index (κ2) is 7.39. The quantitative estimate of drug-likeness (QED) is 0.758. The average Bonchev–Trinajstić information content (AvgIpc) is 2.39. The third-order valence-electron chi connectivity index (χ3n) is 2.83. The van der Waals surface area contributed by atoms with Crippen LogP contribution in [0.5, 0.6) is 0 Å². The highest BCUT2D eigenvalue weighted by atomic mass is 16.3. The van der Waals surface area contributed by atoms with E-state index in [2.05, 4.69) is 10.6 Å². The van der Waals surface area contributed by atoms with Crippen molar-refractivity contribution in [2.24, 2.45) is 5.92 Å². The molecule has 102 valence electrons. The molecule has 3 N–H and O–H groups in total. The molecular weight excluding hydrogens is 242 g/mol. The normalized spacial score (nSPS) is 11.7. The summed E-state index contributed by atoms with van der Waals surface area (Å²) < 4.78 is 0. The first-order valence-electron chi connectivity index (χ1n) is 6.25. The minimum atomic E-state index is -0.308. The van der Waals surface area contributed by atoms with Gasteiger partial charge in [-0.05, 0) is 36.6 Å². The van der Waals surface area contributed by atoms with Crippen molar-refractivity contribution in [3.8, 4) is 6.07 Å². The van der Waals surface area contributed by atoms with Crippen molar-refractivity contribution in [2.75, 3.05) is 11.9 Å². The van der Waals surface area contributed by atoms with Gasteiger partial charge in [-0.3, -0.25) is 0 Å². The maximum atomic E-state index is 11.8. The molecule has 19 heavy (non-hydrogen) atoms. The van der Waals surface area contributed by atoms with Crippen molar-refractivity contribution in [2.45, 2.75) is 26.3 Å². The van der Waals surface area contributed by atoms with Crippen LogP contribution in [0.15, 0.2) is 24.3 Å². The third-order valence-corrected chi connectivity index (χ3v) is 2.83. The van der Waals surface area contributed by atoms with E-state index in [0.29, 0.717) is 17.7 Å². The third kappa shape index (κ3) is 4.98. The van der Waals surface area contributed by atoms with Gasteiger partial charge in [0, 0.05) is 18.3 Å². The van der Waals surface area contributed by atoms with Crippen LogP contribution >= 0.6 is 0 Å². The lowest BCUT2D eigenvalue weighted by Gasteiger charge is -2.21. The summed E-state index contributed by atoms with van der Waals surface area (Å²) in [6.45, 7) is 4.02. The monoisotopic (exact) mass is 261 g/mol. The number of anilines is 1. The summed E-state index contributed by atoms with van der Waals surface area (Å²) in [5.74, 6) is 0.249. The second-order valence-corrected chi connectivity index (χ2v) is 4.65. The molecule has 5 nitrogen and oxygen atoms in total. The van der Waals surface area contributed by atoms with Gasteiger partial charge in [-0.15, -0.1) is 0 Å². The van der Waals surface area contributed by atoms with Crippen molar-refractivity contribution in [1.82, 2.24) is 5.32 Å². The van der Waals surface area contributed by atoms with E-state index in [1.165, 1.54) is 0 Å². The fourth-order valence-corrected chi connectivity index (χ4v) is 1.67. The smallest absolute Gasteiger partial charge is 0.319 e. The van der Waals surface area contributed by atoms with E-state index in [9.17, 15) is 4.79 Å². The Bertz CT molecular complexity index is 449. The van der Waals surface area contributed by atoms with Crippen LogP contribution in [0.2, 0.25) is 0 Å². The molecular formula is C14H19N3O2. The Morgan fingerprint density at radius 3 is 2.47 bits per heavy atom. The first-order chi connectivity index (χ1) is 9.06. The number of carbonyl (C=O) groups is 1. The predicted molar refractivity (Wildman–Crippen MR) is 73.6 cm³/mol. The lowest BCUT2D eigenvalue weighted by atomic mass is 10.0. The summed E-state index contributed by atoms with van der Waals surface area (Å²) in [6.07, 6.45) is 0.526. The zero-order valence-electron chi connectivity index (χ0n) is 11.2. The minimum absolute atomic E-state index is 0.0417. The van der Waals surface area contributed by atoms with Crippen molar-refractivity contribution in [3.63, 3.8) is 0 Å². The van der Waals surface area contributed by atoms with Gasteiger partial charge in [0.25, 0.3) is 0 Å². The molecule has 0 saturated carbocycles. The Kier molecular flexibility index (Phi) is 5.83. The van der Waals surface area contributed by atoms with Crippen molar-refractivity contribution < 1.29 is 9.90 Å². The van der Waals surface area contributed by atoms with Crippen LogP contribution in [0.3, 0.4) is 0 Å². The number of rotatable bonds is 5. The Balaban J connectivity index is 2.56. The average molecular weight is 261 g/mol. The van der Waals surface area contributed by atoms with Gasteiger partial charge in [-0.1, -0.05) is 13.8 Å². The second-order valence-electron chi connectivity index (χ2n) is 4.65. The molecule has 0 aliphatic rings. The van der Waals surface area contributed by atoms with Crippen LogP contribution in [0.4, 0.5) is 10.5 Å². The first kappa shape index (κ1) is 15.0. The SMILES string of the molecule is CC(C)C(CCO)NC(=O)Nc1ccc(C#N)cc1. The number of urea groups is 1. The number of hydrogen-bond donors (Lipinski definition) is 3. The molecule has 0 fully saturated rings. The van der Waals surface area contributed by atoms with Crippen LogP contribution in [-0.2, 0) is 0 Å². The van der Waals surface area contributed by atoms with E-state index in [1.54, 1.807) is 24.3 Å². The molecule has 0 saturated heterocycles. The fourth-order valence-electron chi connectivity index (χ4n) is 1.67. The van der Waals surface area contributed by atoms with Crippen LogP contribution in [0.1, 0.15) is 25.8 Å². The summed E-state index contributed by atoms with van der Waals surface area (Å²) in [4.78, 5) is 11.8. The van der Waals surface area contributed by atoms with E-state index in [4.69, 9.17) is 10.4 Å². The lowest BCUT2D eigenvalue weighted by molar-refractivity contribution is 0.227. The number of amides is 2. The van der Waals surface area contributed by atoms with Gasteiger partial charge in [0.15, 0.2) is 0 Å². The van der Waals surface area contributed by atoms with Crippen molar-refractivity contribution >= 4 is 11.7 Å². The van der Waals surface area contributed by atoms with Crippen LogP contribution < -0.4 is 10.6 Å². The van der Waals surface area contributed by atoms with Gasteiger partial charge in [-0.2, -0.15) is 5.26 Å². The molecule has 0 aliphatic carbocycles. The summed E-state index contributed by atoms with van der Waals surface area (Å²) in [5.41, 5.74) is 1.18. The van der Waals surface area contributed by atoms with E-state index in [-0.39, 0.29) is 24.6 Å². The summed E-state index contributed by atoms with van der Waals surface area (Å²) in [5, 5.41) is 23.1. The molecule has 0 spiro atoms. The van der Waals surface area contributed by atoms with Crippen molar-refractivity contribution in [1.29, 1.82) is 5.26 Å². The molecule has 0 aromatic heterocycles. The Morgan fingerprint density at radius 2 is 2.00 bits per heavy atom.